The van der Waals surface area contributed by atoms with E-state index in [1.54, 1.807) is 6.07 Å². The molecule has 3 heteroatoms. The van der Waals surface area contributed by atoms with Crippen LogP contribution in [0.4, 0.5) is 0 Å². The van der Waals surface area contributed by atoms with E-state index in [1.807, 2.05) is 12.1 Å². The molecule has 0 aromatic heterocycles. The van der Waals surface area contributed by atoms with Gasteiger partial charge < -0.3 is 4.74 Å². The largest absolute Gasteiger partial charge is 0.487 e. The monoisotopic (exact) mass is 265 g/mol. The summed E-state index contributed by atoms with van der Waals surface area (Å²) in [7, 11) is 0. The minimum atomic E-state index is -0.144. The van der Waals surface area contributed by atoms with Gasteiger partial charge in [0.05, 0.1) is 11.6 Å². The number of ether oxygens (including phenoxy) is 1. The van der Waals surface area contributed by atoms with Gasteiger partial charge in [0.25, 0.3) is 0 Å². The predicted molar refractivity (Wildman–Crippen MR) is 62.1 cm³/mol. The van der Waals surface area contributed by atoms with E-state index in [4.69, 9.17) is 10.00 Å². The third-order valence-electron chi connectivity index (χ3n) is 2.53. The topological polar surface area (TPSA) is 33.0 Å². The summed E-state index contributed by atoms with van der Waals surface area (Å²) in [6, 6.07) is 7.70. The molecular formula is C12H12BrNO. The normalized spacial score (nSPS) is 22.4. The van der Waals surface area contributed by atoms with E-state index in [1.165, 1.54) is 0 Å². The Balaban J connectivity index is 2.47. The molecule has 1 aromatic rings. The summed E-state index contributed by atoms with van der Waals surface area (Å²) < 4.78 is 5.85. The van der Waals surface area contributed by atoms with Crippen molar-refractivity contribution in [3.05, 3.63) is 29.3 Å². The molecule has 0 aliphatic carbocycles. The van der Waals surface area contributed by atoms with Gasteiger partial charge in [-0.05, 0) is 32.0 Å². The summed E-state index contributed by atoms with van der Waals surface area (Å²) in [4.78, 5) is 0.268. The molecule has 1 atom stereocenters. The number of fused-ring (bicyclic) bond motifs is 1. The van der Waals surface area contributed by atoms with Gasteiger partial charge in [0.1, 0.15) is 11.4 Å². The first-order chi connectivity index (χ1) is 7.02. The van der Waals surface area contributed by atoms with Crippen LogP contribution in [0.1, 0.15) is 36.2 Å². The quantitative estimate of drug-likeness (QED) is 0.673. The number of rotatable bonds is 0. The molecule has 0 amide bonds. The van der Waals surface area contributed by atoms with Gasteiger partial charge in [0.2, 0.25) is 0 Å². The predicted octanol–water partition coefficient (Wildman–Crippen LogP) is 3.56. The van der Waals surface area contributed by atoms with Crippen LogP contribution in [0.2, 0.25) is 0 Å². The summed E-state index contributed by atoms with van der Waals surface area (Å²) in [5, 5.41) is 8.82. The van der Waals surface area contributed by atoms with Crippen LogP contribution >= 0.6 is 15.9 Å². The Hall–Kier alpha value is -1.01. The zero-order chi connectivity index (χ0) is 11.1. The highest BCUT2D eigenvalue weighted by atomic mass is 79.9. The molecule has 1 heterocycles. The van der Waals surface area contributed by atoms with Crippen LogP contribution in [0.3, 0.4) is 0 Å². The van der Waals surface area contributed by atoms with Crippen LogP contribution in [0.5, 0.6) is 5.75 Å². The lowest BCUT2D eigenvalue weighted by molar-refractivity contribution is 0.0842. The van der Waals surface area contributed by atoms with Crippen LogP contribution in [0, 0.1) is 11.3 Å². The maximum atomic E-state index is 8.82. The fraction of sp³-hybridized carbons (Fsp3) is 0.417. The van der Waals surface area contributed by atoms with Crippen molar-refractivity contribution in [1.29, 1.82) is 5.26 Å². The average molecular weight is 266 g/mol. The molecule has 0 saturated carbocycles. The second kappa shape index (κ2) is 3.53. The number of halogens is 1. The molecule has 2 rings (SSSR count). The van der Waals surface area contributed by atoms with Gasteiger partial charge in [-0.25, -0.2) is 0 Å². The van der Waals surface area contributed by atoms with Crippen LogP contribution in [-0.2, 0) is 0 Å². The van der Waals surface area contributed by atoms with E-state index < -0.39 is 0 Å². The summed E-state index contributed by atoms with van der Waals surface area (Å²) in [6.07, 6.45) is 0.912. The van der Waals surface area contributed by atoms with E-state index in [9.17, 15) is 0 Å². The van der Waals surface area contributed by atoms with Gasteiger partial charge in [-0.1, -0.05) is 15.9 Å². The van der Waals surface area contributed by atoms with Gasteiger partial charge >= 0.3 is 0 Å². The molecule has 0 radical (unpaired) electrons. The van der Waals surface area contributed by atoms with Crippen molar-refractivity contribution in [2.24, 2.45) is 0 Å². The molecule has 0 bridgehead atoms. The van der Waals surface area contributed by atoms with Crippen molar-refractivity contribution < 1.29 is 4.74 Å². The van der Waals surface area contributed by atoms with Gasteiger partial charge in [-0.2, -0.15) is 5.26 Å². The Morgan fingerprint density at radius 2 is 2.27 bits per heavy atom. The smallest absolute Gasteiger partial charge is 0.124 e. The van der Waals surface area contributed by atoms with Gasteiger partial charge in [0.15, 0.2) is 0 Å². The Morgan fingerprint density at radius 3 is 2.93 bits per heavy atom. The van der Waals surface area contributed by atoms with E-state index in [2.05, 4.69) is 35.8 Å². The summed E-state index contributed by atoms with van der Waals surface area (Å²) in [5.41, 5.74) is 1.62. The van der Waals surface area contributed by atoms with Crippen molar-refractivity contribution in [2.45, 2.75) is 30.7 Å². The highest BCUT2D eigenvalue weighted by Gasteiger charge is 2.32. The zero-order valence-corrected chi connectivity index (χ0v) is 10.3. The van der Waals surface area contributed by atoms with Crippen LogP contribution < -0.4 is 4.74 Å². The number of hydrogen-bond acceptors (Lipinski definition) is 2. The summed E-state index contributed by atoms with van der Waals surface area (Å²) in [5.74, 6) is 0.882. The second-order valence-electron chi connectivity index (χ2n) is 4.40. The number of nitriles is 1. The first-order valence-electron chi connectivity index (χ1n) is 4.89. The fourth-order valence-electron chi connectivity index (χ4n) is 1.84. The SMILES string of the molecule is CC1(C)CC(Br)c2cc(C#N)ccc2O1. The van der Waals surface area contributed by atoms with Gasteiger partial charge in [-0.15, -0.1) is 0 Å². The van der Waals surface area contributed by atoms with E-state index in [-0.39, 0.29) is 10.4 Å². The molecule has 0 N–H and O–H groups in total. The van der Waals surface area contributed by atoms with Crippen molar-refractivity contribution in [1.82, 2.24) is 0 Å². The third kappa shape index (κ3) is 2.00. The molecule has 1 aliphatic heterocycles. The first kappa shape index (κ1) is 10.5. The highest BCUT2D eigenvalue weighted by molar-refractivity contribution is 9.09. The van der Waals surface area contributed by atoms with Crippen LogP contribution in [0.15, 0.2) is 18.2 Å². The molecule has 0 fully saturated rings. The molecule has 1 unspecified atom stereocenters. The van der Waals surface area contributed by atoms with Crippen LogP contribution in [-0.4, -0.2) is 5.60 Å². The Kier molecular flexibility index (Phi) is 2.47. The molecule has 2 nitrogen and oxygen atoms in total. The standard InChI is InChI=1S/C12H12BrNO/c1-12(2)6-10(13)9-5-8(7-14)3-4-11(9)15-12/h3-5,10H,6H2,1-2H3. The number of alkyl halides is 1. The van der Waals surface area contributed by atoms with Gasteiger partial charge in [0, 0.05) is 16.8 Å². The summed E-state index contributed by atoms with van der Waals surface area (Å²) >= 11 is 3.64. The minimum Gasteiger partial charge on any atom is -0.487 e. The van der Waals surface area contributed by atoms with Crippen molar-refractivity contribution in [3.63, 3.8) is 0 Å². The summed E-state index contributed by atoms with van der Waals surface area (Å²) in [6.45, 7) is 4.14. The fourth-order valence-corrected chi connectivity index (χ4v) is 2.97. The molecular weight excluding hydrogens is 254 g/mol. The van der Waals surface area contributed by atoms with Crippen molar-refractivity contribution >= 4 is 15.9 Å². The maximum Gasteiger partial charge on any atom is 0.124 e. The van der Waals surface area contributed by atoms with E-state index in [0.29, 0.717) is 5.56 Å². The molecule has 78 valence electrons. The van der Waals surface area contributed by atoms with Crippen molar-refractivity contribution in [2.75, 3.05) is 0 Å². The van der Waals surface area contributed by atoms with Crippen molar-refractivity contribution in [3.8, 4) is 11.8 Å². The van der Waals surface area contributed by atoms with Gasteiger partial charge in [-0.3, -0.25) is 0 Å². The molecule has 1 aliphatic rings. The lowest BCUT2D eigenvalue weighted by Gasteiger charge is -2.35. The second-order valence-corrected chi connectivity index (χ2v) is 5.50. The molecule has 1 aromatic carbocycles. The molecule has 0 saturated heterocycles. The maximum absolute atomic E-state index is 8.82. The number of hydrogen-bond donors (Lipinski definition) is 0. The lowest BCUT2D eigenvalue weighted by atomic mass is 9.93. The highest BCUT2D eigenvalue weighted by Crippen LogP contribution is 2.44. The number of benzene rings is 1. The average Bonchev–Trinajstić information content (AvgIpc) is 2.15. The zero-order valence-electron chi connectivity index (χ0n) is 8.75. The Labute approximate surface area is 98.0 Å². The van der Waals surface area contributed by atoms with Crippen LogP contribution in [0.25, 0.3) is 0 Å². The van der Waals surface area contributed by atoms with E-state index in [0.717, 1.165) is 17.7 Å². The first-order valence-corrected chi connectivity index (χ1v) is 5.80. The minimum absolute atomic E-state index is 0.144. The Morgan fingerprint density at radius 1 is 1.53 bits per heavy atom. The lowest BCUT2D eigenvalue weighted by Crippen LogP contribution is -2.33. The molecule has 15 heavy (non-hydrogen) atoms. The molecule has 0 spiro atoms. The number of nitrogens with zero attached hydrogens (tertiary/aromatic N) is 1. The Bertz CT molecular complexity index is 434. The van der Waals surface area contributed by atoms with E-state index >= 15 is 0 Å². The third-order valence-corrected chi connectivity index (χ3v) is 3.35.